The highest BCUT2D eigenvalue weighted by Gasteiger charge is 2.10. The molecule has 6 heteroatoms. The lowest BCUT2D eigenvalue weighted by atomic mass is 10.2. The van der Waals surface area contributed by atoms with Crippen LogP contribution in [0.25, 0.3) is 11.3 Å². The molecular formula is C21H21BrN4S. The Kier molecular flexibility index (Phi) is 6.42. The van der Waals surface area contributed by atoms with E-state index in [1.807, 2.05) is 43.2 Å². The van der Waals surface area contributed by atoms with E-state index in [0.717, 1.165) is 31.8 Å². The van der Waals surface area contributed by atoms with Crippen molar-refractivity contribution in [3.05, 3.63) is 81.4 Å². The normalized spacial score (nSPS) is 11.9. The van der Waals surface area contributed by atoms with Gasteiger partial charge >= 0.3 is 0 Å². The van der Waals surface area contributed by atoms with Crippen molar-refractivity contribution in [2.75, 3.05) is 25.5 Å². The Balaban J connectivity index is 2.03. The van der Waals surface area contributed by atoms with Crippen LogP contribution in [0.1, 0.15) is 5.56 Å². The fourth-order valence-electron chi connectivity index (χ4n) is 2.50. The molecule has 0 saturated heterocycles. The smallest absolute Gasteiger partial charge is 0.206 e. The summed E-state index contributed by atoms with van der Waals surface area (Å²) in [5.41, 5.74) is 4.27. The van der Waals surface area contributed by atoms with Gasteiger partial charge in [0.1, 0.15) is 0 Å². The van der Waals surface area contributed by atoms with E-state index in [0.29, 0.717) is 6.54 Å². The first-order valence-electron chi connectivity index (χ1n) is 8.48. The van der Waals surface area contributed by atoms with E-state index < -0.39 is 0 Å². The molecule has 0 N–H and O–H groups in total. The molecule has 2 aromatic carbocycles. The highest BCUT2D eigenvalue weighted by Crippen LogP contribution is 2.28. The molecule has 0 spiro atoms. The summed E-state index contributed by atoms with van der Waals surface area (Å²) in [4.78, 5) is 7.49. The number of anilines is 1. The molecule has 0 atom stereocenters. The van der Waals surface area contributed by atoms with Crippen molar-refractivity contribution in [3.8, 4) is 11.3 Å². The van der Waals surface area contributed by atoms with Crippen LogP contribution in [0.4, 0.5) is 5.69 Å². The summed E-state index contributed by atoms with van der Waals surface area (Å²) in [7, 11) is 4.06. The van der Waals surface area contributed by atoms with Crippen molar-refractivity contribution in [1.29, 1.82) is 0 Å². The monoisotopic (exact) mass is 440 g/mol. The molecule has 0 amide bonds. The van der Waals surface area contributed by atoms with Crippen molar-refractivity contribution in [2.45, 2.75) is 0 Å². The number of halogens is 1. The lowest BCUT2D eigenvalue weighted by Gasteiger charge is -2.11. The Labute approximate surface area is 172 Å². The highest BCUT2D eigenvalue weighted by atomic mass is 79.9. The van der Waals surface area contributed by atoms with Crippen LogP contribution >= 0.6 is 27.3 Å². The van der Waals surface area contributed by atoms with Gasteiger partial charge in [0.2, 0.25) is 4.80 Å². The highest BCUT2D eigenvalue weighted by molar-refractivity contribution is 9.10. The summed E-state index contributed by atoms with van der Waals surface area (Å²) in [5, 5.41) is 6.80. The topological polar surface area (TPSA) is 32.9 Å². The van der Waals surface area contributed by atoms with Crippen LogP contribution < -0.4 is 9.70 Å². The van der Waals surface area contributed by atoms with Gasteiger partial charge in [-0.2, -0.15) is 5.10 Å². The predicted molar refractivity (Wildman–Crippen MR) is 120 cm³/mol. The third-order valence-electron chi connectivity index (χ3n) is 3.92. The van der Waals surface area contributed by atoms with E-state index in [1.165, 1.54) is 0 Å². The SMILES string of the molecule is C=CCN=c1scc(-c2ccccc2Br)n1N=Cc1ccc(N(C)C)cc1. The minimum atomic E-state index is 0.558. The number of thiazole rings is 1. The second kappa shape index (κ2) is 8.97. The number of nitrogens with zero attached hydrogens (tertiary/aromatic N) is 4. The second-order valence-electron chi connectivity index (χ2n) is 6.06. The number of benzene rings is 2. The van der Waals surface area contributed by atoms with Gasteiger partial charge in [-0.3, -0.25) is 4.99 Å². The Morgan fingerprint density at radius 3 is 2.56 bits per heavy atom. The molecule has 0 fully saturated rings. The number of hydrogen-bond acceptors (Lipinski definition) is 4. The van der Waals surface area contributed by atoms with Gasteiger partial charge in [-0.05, 0) is 23.8 Å². The van der Waals surface area contributed by atoms with E-state index >= 15 is 0 Å². The molecule has 0 unspecified atom stereocenters. The molecule has 0 aliphatic carbocycles. The van der Waals surface area contributed by atoms with E-state index in [9.17, 15) is 0 Å². The Hall–Kier alpha value is -2.44. The number of hydrogen-bond donors (Lipinski definition) is 0. The minimum absolute atomic E-state index is 0.558. The fraction of sp³-hybridized carbons (Fsp3) is 0.143. The van der Waals surface area contributed by atoms with Crippen molar-refractivity contribution in [1.82, 2.24) is 4.68 Å². The van der Waals surface area contributed by atoms with Gasteiger partial charge in [-0.15, -0.1) is 17.9 Å². The molecule has 1 heterocycles. The van der Waals surface area contributed by atoms with Crippen LogP contribution in [-0.2, 0) is 0 Å². The van der Waals surface area contributed by atoms with Gasteiger partial charge in [-0.1, -0.05) is 52.3 Å². The average molecular weight is 441 g/mol. The van der Waals surface area contributed by atoms with E-state index in [4.69, 9.17) is 5.10 Å². The first-order valence-corrected chi connectivity index (χ1v) is 10.2. The number of rotatable bonds is 6. The van der Waals surface area contributed by atoms with Gasteiger partial charge in [0, 0.05) is 35.2 Å². The summed E-state index contributed by atoms with van der Waals surface area (Å²) < 4.78 is 2.91. The lowest BCUT2D eigenvalue weighted by Crippen LogP contribution is -2.12. The van der Waals surface area contributed by atoms with Gasteiger partial charge in [0.05, 0.1) is 18.5 Å². The van der Waals surface area contributed by atoms with Crippen molar-refractivity contribution in [3.63, 3.8) is 0 Å². The molecule has 0 aliphatic heterocycles. The molecule has 27 heavy (non-hydrogen) atoms. The summed E-state index contributed by atoms with van der Waals surface area (Å²) in [6.07, 6.45) is 3.64. The maximum atomic E-state index is 4.72. The third kappa shape index (κ3) is 4.64. The molecule has 3 aromatic rings. The first-order chi connectivity index (χ1) is 13.1. The molecule has 0 saturated carbocycles. The lowest BCUT2D eigenvalue weighted by molar-refractivity contribution is 0.840. The summed E-state index contributed by atoms with van der Waals surface area (Å²) in [5.74, 6) is 0. The van der Waals surface area contributed by atoms with Crippen LogP contribution in [-0.4, -0.2) is 31.5 Å². The zero-order chi connectivity index (χ0) is 19.2. The van der Waals surface area contributed by atoms with Crippen LogP contribution in [0.5, 0.6) is 0 Å². The van der Waals surface area contributed by atoms with Gasteiger partial charge < -0.3 is 4.90 Å². The molecule has 1 aromatic heterocycles. The van der Waals surface area contributed by atoms with Crippen molar-refractivity contribution < 1.29 is 0 Å². The molecule has 0 radical (unpaired) electrons. The number of aromatic nitrogens is 1. The Bertz CT molecular complexity index is 1010. The van der Waals surface area contributed by atoms with E-state index in [2.05, 4.69) is 68.1 Å². The molecule has 0 bridgehead atoms. The van der Waals surface area contributed by atoms with Gasteiger partial charge in [-0.25, -0.2) is 4.68 Å². The Morgan fingerprint density at radius 2 is 1.89 bits per heavy atom. The zero-order valence-corrected chi connectivity index (χ0v) is 17.7. The largest absolute Gasteiger partial charge is 0.378 e. The summed E-state index contributed by atoms with van der Waals surface area (Å²) in [6, 6.07) is 16.4. The average Bonchev–Trinajstić information content (AvgIpc) is 3.08. The zero-order valence-electron chi connectivity index (χ0n) is 15.3. The quantitative estimate of drug-likeness (QED) is 0.391. The maximum Gasteiger partial charge on any atom is 0.206 e. The van der Waals surface area contributed by atoms with Crippen LogP contribution in [0.3, 0.4) is 0 Å². The van der Waals surface area contributed by atoms with Crippen molar-refractivity contribution >= 4 is 39.2 Å². The first kappa shape index (κ1) is 19.3. The standard InChI is InChI=1S/C21H21BrN4S/c1-4-13-23-21-26(20(15-27-21)18-7-5-6-8-19(18)22)24-14-16-9-11-17(12-10-16)25(2)3/h4-12,14-15H,1,13H2,2-3H3. The predicted octanol–water partition coefficient (Wildman–Crippen LogP) is 5.01. The van der Waals surface area contributed by atoms with E-state index in [1.54, 1.807) is 17.4 Å². The maximum absolute atomic E-state index is 4.72. The fourth-order valence-corrected chi connectivity index (χ4v) is 3.83. The summed E-state index contributed by atoms with van der Waals surface area (Å²) >= 11 is 5.20. The van der Waals surface area contributed by atoms with E-state index in [-0.39, 0.29) is 0 Å². The molecule has 0 aliphatic rings. The van der Waals surface area contributed by atoms with Gasteiger partial charge in [0.15, 0.2) is 0 Å². The molecule has 138 valence electrons. The minimum Gasteiger partial charge on any atom is -0.378 e. The van der Waals surface area contributed by atoms with Crippen LogP contribution in [0.15, 0.2) is 81.1 Å². The second-order valence-corrected chi connectivity index (χ2v) is 7.75. The molecule has 3 rings (SSSR count). The molecular weight excluding hydrogens is 420 g/mol. The summed E-state index contributed by atoms with van der Waals surface area (Å²) in [6.45, 7) is 4.31. The Morgan fingerprint density at radius 1 is 1.15 bits per heavy atom. The third-order valence-corrected chi connectivity index (χ3v) is 5.47. The van der Waals surface area contributed by atoms with Crippen LogP contribution in [0.2, 0.25) is 0 Å². The molecule has 4 nitrogen and oxygen atoms in total. The van der Waals surface area contributed by atoms with Crippen LogP contribution in [0, 0.1) is 0 Å². The van der Waals surface area contributed by atoms with Gasteiger partial charge in [0.25, 0.3) is 0 Å². The van der Waals surface area contributed by atoms with Crippen molar-refractivity contribution in [2.24, 2.45) is 10.1 Å².